The highest BCUT2D eigenvalue weighted by Crippen LogP contribution is 2.28. The molecule has 0 amide bonds. The minimum Gasteiger partial charge on any atom is -0.356 e. The molecule has 0 saturated carbocycles. The van der Waals surface area contributed by atoms with Crippen LogP contribution in [0.25, 0.3) is 21.9 Å². The molecule has 4 aromatic heterocycles. The van der Waals surface area contributed by atoms with Crippen LogP contribution in [-0.4, -0.2) is 20.3 Å². The first kappa shape index (κ1) is 14.8. The highest BCUT2D eigenvalue weighted by Gasteiger charge is 2.18. The van der Waals surface area contributed by atoms with Gasteiger partial charge in [0.1, 0.15) is 0 Å². The molecule has 0 aliphatic rings. The molecule has 0 fully saturated rings. The maximum Gasteiger partial charge on any atom is 0.185 e. The van der Waals surface area contributed by atoms with Crippen LogP contribution in [0.5, 0.6) is 0 Å². The Kier molecular flexibility index (Phi) is 3.52. The van der Waals surface area contributed by atoms with Gasteiger partial charge < -0.3 is 9.05 Å². The first-order chi connectivity index (χ1) is 11.6. The predicted molar refractivity (Wildman–Crippen MR) is 89.8 cm³/mol. The number of aromatic nitrogens is 4. The Bertz CT molecular complexity index is 1000. The minimum absolute atomic E-state index is 0.172. The van der Waals surface area contributed by atoms with Crippen molar-refractivity contribution in [3.63, 3.8) is 0 Å². The van der Waals surface area contributed by atoms with Crippen LogP contribution in [0.1, 0.15) is 49.7 Å². The van der Waals surface area contributed by atoms with Crippen LogP contribution in [0.3, 0.4) is 0 Å². The van der Waals surface area contributed by atoms with Crippen molar-refractivity contribution in [2.24, 2.45) is 0 Å². The number of rotatable bonds is 4. The van der Waals surface area contributed by atoms with Gasteiger partial charge in [-0.15, -0.1) is 0 Å². The summed E-state index contributed by atoms with van der Waals surface area (Å²) >= 11 is 0. The summed E-state index contributed by atoms with van der Waals surface area (Å²) in [5.41, 5.74) is 4.32. The summed E-state index contributed by atoms with van der Waals surface area (Å²) in [5, 5.41) is 10.3. The van der Waals surface area contributed by atoms with Gasteiger partial charge in [-0.25, -0.2) is 0 Å². The Balaban J connectivity index is 1.64. The highest BCUT2D eigenvalue weighted by atomic mass is 16.5. The second-order valence-electron chi connectivity index (χ2n) is 6.44. The number of pyridine rings is 2. The van der Waals surface area contributed by atoms with Gasteiger partial charge in [0.15, 0.2) is 11.2 Å². The van der Waals surface area contributed by atoms with Gasteiger partial charge in [-0.1, -0.05) is 31.1 Å². The van der Waals surface area contributed by atoms with Crippen LogP contribution in [0.4, 0.5) is 0 Å². The van der Waals surface area contributed by atoms with Crippen molar-refractivity contribution in [3.05, 3.63) is 47.8 Å². The molecule has 122 valence electrons. The molecule has 0 bridgehead atoms. The molecule has 4 aromatic rings. The van der Waals surface area contributed by atoms with Crippen molar-refractivity contribution < 1.29 is 9.05 Å². The normalized spacial score (nSPS) is 13.2. The second kappa shape index (κ2) is 5.70. The topological polar surface area (TPSA) is 77.8 Å². The van der Waals surface area contributed by atoms with Crippen molar-refractivity contribution in [1.29, 1.82) is 0 Å². The average molecular weight is 322 g/mol. The molecular formula is C18H18N4O2. The molecule has 0 radical (unpaired) electrons. The fourth-order valence-corrected chi connectivity index (χ4v) is 3.00. The second-order valence-corrected chi connectivity index (χ2v) is 6.44. The van der Waals surface area contributed by atoms with Gasteiger partial charge in [-0.2, -0.15) is 0 Å². The monoisotopic (exact) mass is 322 g/mol. The third-order valence-electron chi connectivity index (χ3n) is 4.27. The van der Waals surface area contributed by atoms with Crippen molar-refractivity contribution in [3.8, 4) is 0 Å². The quantitative estimate of drug-likeness (QED) is 0.559. The summed E-state index contributed by atoms with van der Waals surface area (Å²) < 4.78 is 10.8. The molecule has 0 N–H and O–H groups in total. The molecule has 24 heavy (non-hydrogen) atoms. The molecule has 1 unspecified atom stereocenters. The molecule has 4 heterocycles. The van der Waals surface area contributed by atoms with E-state index in [2.05, 4.69) is 41.1 Å². The standard InChI is InChI=1S/C18H18N4O2/c1-10(2)17-14-8-20-12(7-15(14)23-21-17)6-11(3)18-13-4-5-19-9-16(13)24-22-18/h4-5,7-11H,6H2,1-3H3. The molecule has 4 rings (SSSR count). The zero-order valence-corrected chi connectivity index (χ0v) is 13.9. The number of fused-ring (bicyclic) bond motifs is 2. The summed E-state index contributed by atoms with van der Waals surface area (Å²) in [6, 6.07) is 3.90. The highest BCUT2D eigenvalue weighted by molar-refractivity contribution is 5.80. The first-order valence-corrected chi connectivity index (χ1v) is 8.07. The molecule has 0 aliphatic carbocycles. The molecule has 0 aromatic carbocycles. The molecule has 1 atom stereocenters. The van der Waals surface area contributed by atoms with E-state index in [4.69, 9.17) is 9.05 Å². The van der Waals surface area contributed by atoms with Gasteiger partial charge in [0.05, 0.1) is 23.0 Å². The lowest BCUT2D eigenvalue weighted by Crippen LogP contribution is -2.01. The first-order valence-electron chi connectivity index (χ1n) is 8.07. The zero-order chi connectivity index (χ0) is 16.7. The van der Waals surface area contributed by atoms with Crippen LogP contribution >= 0.6 is 0 Å². The van der Waals surface area contributed by atoms with E-state index in [1.807, 2.05) is 18.3 Å². The smallest absolute Gasteiger partial charge is 0.185 e. The lowest BCUT2D eigenvalue weighted by atomic mass is 9.98. The summed E-state index contributed by atoms with van der Waals surface area (Å²) in [4.78, 5) is 8.64. The molecule has 6 heteroatoms. The Hall–Kier alpha value is -2.76. The van der Waals surface area contributed by atoms with Crippen molar-refractivity contribution in [1.82, 2.24) is 20.3 Å². The fourth-order valence-electron chi connectivity index (χ4n) is 3.00. The van der Waals surface area contributed by atoms with Gasteiger partial charge in [0, 0.05) is 35.5 Å². The maximum atomic E-state index is 5.46. The molecule has 6 nitrogen and oxygen atoms in total. The SMILES string of the molecule is CC(C)c1noc2cc(CC(C)c3noc4cnccc34)ncc12. The molecule has 0 saturated heterocycles. The summed E-state index contributed by atoms with van der Waals surface area (Å²) in [6.07, 6.45) is 6.04. The third kappa shape index (κ3) is 2.44. The summed E-state index contributed by atoms with van der Waals surface area (Å²) in [5.74, 6) is 0.485. The fraction of sp³-hybridized carbons (Fsp3) is 0.333. The average Bonchev–Trinajstić information content (AvgIpc) is 3.18. The summed E-state index contributed by atoms with van der Waals surface area (Å²) in [6.45, 7) is 6.30. The van der Waals surface area contributed by atoms with E-state index in [-0.39, 0.29) is 5.92 Å². The number of hydrogen-bond donors (Lipinski definition) is 0. The Morgan fingerprint density at radius 2 is 1.75 bits per heavy atom. The number of hydrogen-bond acceptors (Lipinski definition) is 6. The van der Waals surface area contributed by atoms with Crippen LogP contribution < -0.4 is 0 Å². The van der Waals surface area contributed by atoms with E-state index in [0.717, 1.165) is 39.9 Å². The minimum atomic E-state index is 0.172. The van der Waals surface area contributed by atoms with Gasteiger partial charge in [-0.3, -0.25) is 9.97 Å². The third-order valence-corrected chi connectivity index (χ3v) is 4.27. The van der Waals surface area contributed by atoms with Gasteiger partial charge >= 0.3 is 0 Å². The summed E-state index contributed by atoms with van der Waals surface area (Å²) in [7, 11) is 0. The van der Waals surface area contributed by atoms with E-state index < -0.39 is 0 Å². The molecule has 0 spiro atoms. The van der Waals surface area contributed by atoms with Crippen molar-refractivity contribution in [2.75, 3.05) is 0 Å². The van der Waals surface area contributed by atoms with Gasteiger partial charge in [0.2, 0.25) is 0 Å². The van der Waals surface area contributed by atoms with E-state index >= 15 is 0 Å². The number of nitrogens with zero attached hydrogens (tertiary/aromatic N) is 4. The largest absolute Gasteiger partial charge is 0.356 e. The van der Waals surface area contributed by atoms with E-state index in [1.54, 1.807) is 12.4 Å². The van der Waals surface area contributed by atoms with Crippen molar-refractivity contribution >= 4 is 21.9 Å². The van der Waals surface area contributed by atoms with Crippen LogP contribution in [-0.2, 0) is 6.42 Å². The van der Waals surface area contributed by atoms with E-state index in [9.17, 15) is 0 Å². The lowest BCUT2D eigenvalue weighted by Gasteiger charge is -2.08. The van der Waals surface area contributed by atoms with Crippen molar-refractivity contribution in [2.45, 2.75) is 39.0 Å². The maximum absolute atomic E-state index is 5.46. The van der Waals surface area contributed by atoms with Crippen LogP contribution in [0.2, 0.25) is 0 Å². The Morgan fingerprint density at radius 3 is 2.58 bits per heavy atom. The van der Waals surface area contributed by atoms with Crippen LogP contribution in [0, 0.1) is 0 Å². The van der Waals surface area contributed by atoms with Crippen LogP contribution in [0.15, 0.2) is 39.8 Å². The van der Waals surface area contributed by atoms with E-state index in [1.165, 1.54) is 0 Å². The van der Waals surface area contributed by atoms with E-state index in [0.29, 0.717) is 11.5 Å². The molecule has 0 aliphatic heterocycles. The van der Waals surface area contributed by atoms with Gasteiger partial charge in [0.25, 0.3) is 0 Å². The zero-order valence-electron chi connectivity index (χ0n) is 13.9. The Morgan fingerprint density at radius 1 is 0.958 bits per heavy atom. The molecular weight excluding hydrogens is 304 g/mol. The Labute approximate surface area is 138 Å². The predicted octanol–water partition coefficient (Wildman–Crippen LogP) is 4.23. The van der Waals surface area contributed by atoms with Gasteiger partial charge in [-0.05, 0) is 18.4 Å². The lowest BCUT2D eigenvalue weighted by molar-refractivity contribution is 0.437.